The van der Waals surface area contributed by atoms with E-state index < -0.39 is 10.9 Å². The summed E-state index contributed by atoms with van der Waals surface area (Å²) in [7, 11) is 0. The zero-order valence-electron chi connectivity index (χ0n) is 9.09. The molecule has 0 saturated heterocycles. The number of rotatable bonds is 4. The van der Waals surface area contributed by atoms with Crippen molar-refractivity contribution in [2.45, 2.75) is 12.8 Å². The average molecular weight is 236 g/mol. The highest BCUT2D eigenvalue weighted by molar-refractivity contribution is 5.95. The lowest BCUT2D eigenvalue weighted by Gasteiger charge is -2.05. The van der Waals surface area contributed by atoms with Gasteiger partial charge in [0.2, 0.25) is 0 Å². The number of benzene rings is 1. The van der Waals surface area contributed by atoms with Crippen molar-refractivity contribution < 1.29 is 14.5 Å². The molecule has 0 bridgehead atoms. The molecule has 0 spiro atoms. The fraction of sp³-hybridized carbons (Fsp3) is 0.364. The van der Waals surface area contributed by atoms with E-state index in [1.807, 2.05) is 0 Å². The number of nitrogens with zero attached hydrogens (tertiary/aromatic N) is 1. The Bertz CT molecular complexity index is 469. The Hall–Kier alpha value is -2.11. The van der Waals surface area contributed by atoms with Crippen molar-refractivity contribution in [1.29, 1.82) is 0 Å². The molecular formula is C11H12N2O4. The van der Waals surface area contributed by atoms with Gasteiger partial charge in [-0.2, -0.15) is 0 Å². The van der Waals surface area contributed by atoms with Crippen molar-refractivity contribution in [2.75, 3.05) is 12.3 Å². The van der Waals surface area contributed by atoms with Crippen molar-refractivity contribution in [3.8, 4) is 0 Å². The maximum Gasteiger partial charge on any atom is 0.340 e. The molecule has 1 fully saturated rings. The first kappa shape index (κ1) is 11.4. The van der Waals surface area contributed by atoms with E-state index in [1.54, 1.807) is 0 Å². The molecule has 0 radical (unpaired) electrons. The van der Waals surface area contributed by atoms with Crippen molar-refractivity contribution >= 4 is 17.3 Å². The topological polar surface area (TPSA) is 95.5 Å². The molecule has 6 heteroatoms. The number of esters is 1. The summed E-state index contributed by atoms with van der Waals surface area (Å²) >= 11 is 0. The lowest BCUT2D eigenvalue weighted by molar-refractivity contribution is -0.384. The Morgan fingerprint density at radius 1 is 1.53 bits per heavy atom. The number of nitro benzene ring substituents is 1. The molecule has 0 unspecified atom stereocenters. The van der Waals surface area contributed by atoms with Gasteiger partial charge >= 0.3 is 5.97 Å². The molecule has 0 atom stereocenters. The zero-order chi connectivity index (χ0) is 12.4. The number of carbonyl (C=O) groups is 1. The van der Waals surface area contributed by atoms with Crippen LogP contribution in [0.4, 0.5) is 11.4 Å². The Morgan fingerprint density at radius 3 is 2.82 bits per heavy atom. The highest BCUT2D eigenvalue weighted by Crippen LogP contribution is 2.29. The lowest BCUT2D eigenvalue weighted by atomic mass is 10.1. The minimum Gasteiger partial charge on any atom is -0.462 e. The summed E-state index contributed by atoms with van der Waals surface area (Å²) in [4.78, 5) is 21.7. The van der Waals surface area contributed by atoms with Crippen molar-refractivity contribution in [3.63, 3.8) is 0 Å². The van der Waals surface area contributed by atoms with E-state index in [9.17, 15) is 14.9 Å². The monoisotopic (exact) mass is 236 g/mol. The molecule has 2 rings (SSSR count). The molecule has 0 aliphatic heterocycles. The van der Waals surface area contributed by atoms with E-state index in [1.165, 1.54) is 12.1 Å². The van der Waals surface area contributed by atoms with Gasteiger partial charge in [-0.15, -0.1) is 0 Å². The summed E-state index contributed by atoms with van der Waals surface area (Å²) in [5.74, 6) is -0.156. The molecule has 2 N–H and O–H groups in total. The van der Waals surface area contributed by atoms with Crippen LogP contribution in [-0.2, 0) is 4.74 Å². The molecule has 0 heterocycles. The number of nitro groups is 1. The van der Waals surface area contributed by atoms with Crippen LogP contribution in [0.3, 0.4) is 0 Å². The number of carbonyl (C=O) groups excluding carboxylic acids is 1. The van der Waals surface area contributed by atoms with Crippen LogP contribution in [0.25, 0.3) is 0 Å². The Morgan fingerprint density at radius 2 is 2.24 bits per heavy atom. The van der Waals surface area contributed by atoms with Crippen LogP contribution in [0.1, 0.15) is 23.2 Å². The molecule has 90 valence electrons. The SMILES string of the molecule is Nc1ccc([N+](=O)[O-])cc1C(=O)OCC1CC1. The highest BCUT2D eigenvalue weighted by Gasteiger charge is 2.24. The molecule has 1 aromatic rings. The van der Waals surface area contributed by atoms with E-state index in [2.05, 4.69) is 0 Å². The van der Waals surface area contributed by atoms with Crippen LogP contribution < -0.4 is 5.73 Å². The van der Waals surface area contributed by atoms with Crippen LogP contribution in [0.2, 0.25) is 0 Å². The summed E-state index contributed by atoms with van der Waals surface area (Å²) in [6.07, 6.45) is 2.13. The molecule has 0 aromatic heterocycles. The van der Waals surface area contributed by atoms with E-state index in [4.69, 9.17) is 10.5 Å². The van der Waals surface area contributed by atoms with E-state index in [0.29, 0.717) is 12.5 Å². The highest BCUT2D eigenvalue weighted by atomic mass is 16.6. The Balaban J connectivity index is 2.13. The van der Waals surface area contributed by atoms with Crippen molar-refractivity contribution in [3.05, 3.63) is 33.9 Å². The third-order valence-corrected chi connectivity index (χ3v) is 2.61. The summed E-state index contributed by atoms with van der Waals surface area (Å²) in [5, 5.41) is 10.6. The zero-order valence-corrected chi connectivity index (χ0v) is 9.09. The lowest BCUT2D eigenvalue weighted by Crippen LogP contribution is -2.10. The Kier molecular flexibility index (Phi) is 2.95. The van der Waals surface area contributed by atoms with E-state index in [-0.39, 0.29) is 16.9 Å². The second kappa shape index (κ2) is 4.40. The molecule has 1 aliphatic rings. The van der Waals surface area contributed by atoms with Gasteiger partial charge < -0.3 is 10.5 Å². The van der Waals surface area contributed by atoms with Crippen molar-refractivity contribution in [2.24, 2.45) is 5.92 Å². The third-order valence-electron chi connectivity index (χ3n) is 2.61. The van der Waals surface area contributed by atoms with E-state index >= 15 is 0 Å². The van der Waals surface area contributed by atoms with Crippen LogP contribution in [0, 0.1) is 16.0 Å². The van der Waals surface area contributed by atoms with Gasteiger partial charge in [0.15, 0.2) is 0 Å². The molecule has 0 amide bonds. The second-order valence-corrected chi connectivity index (χ2v) is 4.07. The Labute approximate surface area is 97.5 Å². The summed E-state index contributed by atoms with van der Waals surface area (Å²) in [6, 6.07) is 3.74. The molecule has 1 saturated carbocycles. The van der Waals surface area contributed by atoms with Gasteiger partial charge in [0.1, 0.15) is 0 Å². The van der Waals surface area contributed by atoms with Crippen LogP contribution in [0.15, 0.2) is 18.2 Å². The van der Waals surface area contributed by atoms with Gasteiger partial charge in [0.05, 0.1) is 17.1 Å². The number of hydrogen-bond acceptors (Lipinski definition) is 5. The number of anilines is 1. The van der Waals surface area contributed by atoms with Gasteiger partial charge in [-0.1, -0.05) is 0 Å². The number of nitrogen functional groups attached to an aromatic ring is 1. The quantitative estimate of drug-likeness (QED) is 0.372. The number of non-ortho nitro benzene ring substituents is 1. The van der Waals surface area contributed by atoms with Gasteiger partial charge in [-0.05, 0) is 24.8 Å². The molecule has 1 aromatic carbocycles. The predicted molar refractivity (Wildman–Crippen MR) is 60.5 cm³/mol. The smallest absolute Gasteiger partial charge is 0.340 e. The molecule has 6 nitrogen and oxygen atoms in total. The molecule has 17 heavy (non-hydrogen) atoms. The van der Waals surface area contributed by atoms with Gasteiger partial charge in [0, 0.05) is 17.8 Å². The number of nitrogens with two attached hydrogens (primary N) is 1. The summed E-state index contributed by atoms with van der Waals surface area (Å²) < 4.78 is 5.03. The maximum atomic E-state index is 11.6. The second-order valence-electron chi connectivity index (χ2n) is 4.07. The fourth-order valence-corrected chi connectivity index (χ4v) is 1.39. The van der Waals surface area contributed by atoms with Crippen LogP contribution in [-0.4, -0.2) is 17.5 Å². The number of hydrogen-bond donors (Lipinski definition) is 1. The van der Waals surface area contributed by atoms with E-state index in [0.717, 1.165) is 18.9 Å². The first-order valence-corrected chi connectivity index (χ1v) is 5.29. The largest absolute Gasteiger partial charge is 0.462 e. The van der Waals surface area contributed by atoms with Gasteiger partial charge in [-0.25, -0.2) is 4.79 Å². The van der Waals surface area contributed by atoms with Crippen molar-refractivity contribution in [1.82, 2.24) is 0 Å². The number of ether oxygens (including phenoxy) is 1. The first-order valence-electron chi connectivity index (χ1n) is 5.29. The van der Waals surface area contributed by atoms with Crippen LogP contribution in [0.5, 0.6) is 0 Å². The predicted octanol–water partition coefficient (Wildman–Crippen LogP) is 1.74. The standard InChI is InChI=1S/C11H12N2O4/c12-10-4-3-8(13(15)16)5-9(10)11(14)17-6-7-1-2-7/h3-5,7H,1-2,6,12H2. The van der Waals surface area contributed by atoms with Gasteiger partial charge in [-0.3, -0.25) is 10.1 Å². The normalized spacial score (nSPS) is 14.4. The third kappa shape index (κ3) is 2.72. The minimum atomic E-state index is -0.599. The molecule has 1 aliphatic carbocycles. The first-order chi connectivity index (χ1) is 8.08. The van der Waals surface area contributed by atoms with Crippen LogP contribution >= 0.6 is 0 Å². The minimum absolute atomic E-state index is 0.0554. The maximum absolute atomic E-state index is 11.6. The fourth-order valence-electron chi connectivity index (χ4n) is 1.39. The van der Waals surface area contributed by atoms with Gasteiger partial charge in [0.25, 0.3) is 5.69 Å². The summed E-state index contributed by atoms with van der Waals surface area (Å²) in [5.41, 5.74) is 5.67. The molecular weight excluding hydrogens is 224 g/mol. The average Bonchev–Trinajstić information content (AvgIpc) is 3.10. The summed E-state index contributed by atoms with van der Waals surface area (Å²) in [6.45, 7) is 0.362.